The van der Waals surface area contributed by atoms with E-state index in [-0.39, 0.29) is 11.3 Å². The van der Waals surface area contributed by atoms with Crippen LogP contribution in [0.4, 0.5) is 18.9 Å². The van der Waals surface area contributed by atoms with E-state index in [1.807, 2.05) is 0 Å². The molecule has 0 atom stereocenters. The summed E-state index contributed by atoms with van der Waals surface area (Å²) in [7, 11) is 0. The Kier molecular flexibility index (Phi) is 3.18. The summed E-state index contributed by atoms with van der Waals surface area (Å²) in [6.07, 6.45) is -4.52. The van der Waals surface area contributed by atoms with Crippen molar-refractivity contribution in [1.29, 1.82) is 0 Å². The van der Waals surface area contributed by atoms with Gasteiger partial charge in [0, 0.05) is 5.69 Å². The summed E-state index contributed by atoms with van der Waals surface area (Å²) in [6, 6.07) is 5.55. The average Bonchev–Trinajstić information content (AvgIpc) is 2.13. The normalized spacial score (nSPS) is 11.1. The van der Waals surface area contributed by atoms with E-state index in [9.17, 15) is 18.0 Å². The molecule has 0 aromatic heterocycles. The predicted octanol–water partition coefficient (Wildman–Crippen LogP) is 1.99. The molecule has 0 bridgehead atoms. The molecule has 0 radical (unpaired) electrons. The maximum atomic E-state index is 11.7. The van der Waals surface area contributed by atoms with Gasteiger partial charge >= 0.3 is 12.1 Å². The van der Waals surface area contributed by atoms with Gasteiger partial charge in [0.1, 0.15) is 0 Å². The predicted molar refractivity (Wildman–Crippen MR) is 47.2 cm³/mol. The Bertz CT molecular complexity index is 363. The summed E-state index contributed by atoms with van der Waals surface area (Å²) < 4.78 is 39.2. The smallest absolute Gasteiger partial charge is 0.422 e. The molecule has 0 aliphatic heterocycles. The highest BCUT2D eigenvalue weighted by molar-refractivity contribution is 5.90. The zero-order chi connectivity index (χ0) is 11.5. The van der Waals surface area contributed by atoms with Gasteiger partial charge < -0.3 is 10.5 Å². The summed E-state index contributed by atoms with van der Waals surface area (Å²) in [5, 5.41) is 0. The van der Waals surface area contributed by atoms with Crippen LogP contribution in [-0.2, 0) is 4.74 Å². The van der Waals surface area contributed by atoms with Gasteiger partial charge in [0.05, 0.1) is 5.56 Å². The van der Waals surface area contributed by atoms with E-state index in [4.69, 9.17) is 5.73 Å². The number of alkyl halides is 3. The Balaban J connectivity index is 2.62. The number of nitrogens with two attached hydrogens (primary N) is 1. The summed E-state index contributed by atoms with van der Waals surface area (Å²) in [5.74, 6) is -1.04. The highest BCUT2D eigenvalue weighted by atomic mass is 19.4. The molecular weight excluding hydrogens is 211 g/mol. The van der Waals surface area contributed by atoms with Crippen molar-refractivity contribution in [3.8, 4) is 0 Å². The minimum atomic E-state index is -4.52. The number of carbonyl (C=O) groups is 1. The fraction of sp³-hybridized carbons (Fsp3) is 0.222. The molecule has 15 heavy (non-hydrogen) atoms. The second-order valence-corrected chi connectivity index (χ2v) is 2.82. The molecule has 0 heterocycles. The highest BCUT2D eigenvalue weighted by Gasteiger charge is 2.29. The minimum Gasteiger partial charge on any atom is -0.452 e. The number of halogens is 3. The number of benzene rings is 1. The van der Waals surface area contributed by atoms with Gasteiger partial charge in [-0.05, 0) is 18.2 Å². The number of rotatable bonds is 2. The molecule has 0 aliphatic carbocycles. The molecule has 2 N–H and O–H groups in total. The lowest BCUT2D eigenvalue weighted by Gasteiger charge is -2.07. The van der Waals surface area contributed by atoms with Gasteiger partial charge in [0.15, 0.2) is 6.61 Å². The van der Waals surface area contributed by atoms with Gasteiger partial charge in [-0.3, -0.25) is 0 Å². The first-order chi connectivity index (χ1) is 6.88. The molecule has 82 valence electrons. The van der Waals surface area contributed by atoms with Gasteiger partial charge in [0.25, 0.3) is 0 Å². The maximum Gasteiger partial charge on any atom is 0.422 e. The Labute approximate surface area is 83.6 Å². The second-order valence-electron chi connectivity index (χ2n) is 2.82. The molecule has 1 rings (SSSR count). The number of ether oxygens (including phenoxy) is 1. The van der Waals surface area contributed by atoms with Crippen LogP contribution in [-0.4, -0.2) is 18.8 Å². The fourth-order valence-electron chi connectivity index (χ4n) is 0.896. The molecule has 0 saturated carbocycles. The first-order valence-corrected chi connectivity index (χ1v) is 3.98. The van der Waals surface area contributed by atoms with E-state index >= 15 is 0 Å². The monoisotopic (exact) mass is 219 g/mol. The summed E-state index contributed by atoms with van der Waals surface area (Å²) >= 11 is 0. The van der Waals surface area contributed by atoms with Crippen molar-refractivity contribution in [1.82, 2.24) is 0 Å². The molecule has 1 aromatic carbocycles. The molecule has 0 aliphatic rings. The van der Waals surface area contributed by atoms with Crippen LogP contribution in [0.15, 0.2) is 24.3 Å². The largest absolute Gasteiger partial charge is 0.452 e. The van der Waals surface area contributed by atoms with Gasteiger partial charge in [-0.1, -0.05) is 6.07 Å². The van der Waals surface area contributed by atoms with Crippen LogP contribution >= 0.6 is 0 Å². The summed E-state index contributed by atoms with van der Waals surface area (Å²) in [6.45, 7) is -1.60. The minimum absolute atomic E-state index is 0.000694. The van der Waals surface area contributed by atoms with Crippen LogP contribution in [0.25, 0.3) is 0 Å². The summed E-state index contributed by atoms with van der Waals surface area (Å²) in [5.41, 5.74) is 5.64. The van der Waals surface area contributed by atoms with E-state index in [1.165, 1.54) is 24.3 Å². The van der Waals surface area contributed by atoms with Gasteiger partial charge in [0.2, 0.25) is 0 Å². The van der Waals surface area contributed by atoms with Crippen molar-refractivity contribution in [3.05, 3.63) is 29.8 Å². The van der Waals surface area contributed by atoms with Crippen LogP contribution < -0.4 is 5.73 Å². The van der Waals surface area contributed by atoms with E-state index in [1.54, 1.807) is 0 Å². The van der Waals surface area contributed by atoms with Crippen molar-refractivity contribution in [2.45, 2.75) is 6.18 Å². The average molecular weight is 219 g/mol. The third-order valence-electron chi connectivity index (χ3n) is 1.49. The zero-order valence-corrected chi connectivity index (χ0v) is 7.54. The maximum absolute atomic E-state index is 11.7. The van der Waals surface area contributed by atoms with Crippen LogP contribution in [0, 0.1) is 0 Å². The van der Waals surface area contributed by atoms with Gasteiger partial charge in [-0.15, -0.1) is 0 Å². The lowest BCUT2D eigenvalue weighted by molar-refractivity contribution is -0.161. The molecule has 0 amide bonds. The van der Waals surface area contributed by atoms with Crippen molar-refractivity contribution >= 4 is 11.7 Å². The molecule has 0 fully saturated rings. The molecular formula is C9H8F3NO2. The van der Waals surface area contributed by atoms with Gasteiger partial charge in [-0.25, -0.2) is 4.79 Å². The third kappa shape index (κ3) is 3.88. The molecule has 1 aromatic rings. The van der Waals surface area contributed by atoms with Crippen molar-refractivity contribution in [2.75, 3.05) is 12.3 Å². The fourth-order valence-corrected chi connectivity index (χ4v) is 0.896. The Morgan fingerprint density at radius 1 is 1.40 bits per heavy atom. The van der Waals surface area contributed by atoms with Gasteiger partial charge in [-0.2, -0.15) is 13.2 Å². The van der Waals surface area contributed by atoms with Crippen molar-refractivity contribution < 1.29 is 22.7 Å². The number of nitrogen functional groups attached to an aromatic ring is 1. The SMILES string of the molecule is Nc1cccc(C(=O)OCC(F)(F)F)c1. The van der Waals surface area contributed by atoms with Crippen LogP contribution in [0.1, 0.15) is 10.4 Å². The van der Waals surface area contributed by atoms with E-state index in [0.717, 1.165) is 0 Å². The van der Waals surface area contributed by atoms with Crippen LogP contribution in [0.2, 0.25) is 0 Å². The standard InChI is InChI=1S/C9H8F3NO2/c10-9(11,12)5-15-8(14)6-2-1-3-7(13)4-6/h1-4H,5,13H2. The first kappa shape index (κ1) is 11.4. The Morgan fingerprint density at radius 3 is 2.60 bits per heavy atom. The topological polar surface area (TPSA) is 52.3 Å². The first-order valence-electron chi connectivity index (χ1n) is 3.98. The second kappa shape index (κ2) is 4.20. The number of hydrogen-bond donors (Lipinski definition) is 1. The number of anilines is 1. The van der Waals surface area contributed by atoms with Crippen molar-refractivity contribution in [3.63, 3.8) is 0 Å². The van der Waals surface area contributed by atoms with Crippen LogP contribution in [0.5, 0.6) is 0 Å². The van der Waals surface area contributed by atoms with E-state index in [2.05, 4.69) is 4.74 Å². The summed E-state index contributed by atoms with van der Waals surface area (Å²) in [4.78, 5) is 11.1. The highest BCUT2D eigenvalue weighted by Crippen LogP contribution is 2.16. The molecule has 0 unspecified atom stereocenters. The Hall–Kier alpha value is -1.72. The van der Waals surface area contributed by atoms with Crippen LogP contribution in [0.3, 0.4) is 0 Å². The van der Waals surface area contributed by atoms with E-state index < -0.39 is 18.8 Å². The Morgan fingerprint density at radius 2 is 2.07 bits per heavy atom. The molecule has 6 heteroatoms. The number of hydrogen-bond acceptors (Lipinski definition) is 3. The number of carbonyl (C=O) groups excluding carboxylic acids is 1. The van der Waals surface area contributed by atoms with E-state index in [0.29, 0.717) is 0 Å². The lowest BCUT2D eigenvalue weighted by atomic mass is 10.2. The molecule has 0 saturated heterocycles. The quantitative estimate of drug-likeness (QED) is 0.611. The molecule has 0 spiro atoms. The number of esters is 1. The zero-order valence-electron chi connectivity index (χ0n) is 7.54. The van der Waals surface area contributed by atoms with Crippen molar-refractivity contribution in [2.24, 2.45) is 0 Å². The molecule has 3 nitrogen and oxygen atoms in total. The lowest BCUT2D eigenvalue weighted by Crippen LogP contribution is -2.20. The third-order valence-corrected chi connectivity index (χ3v) is 1.49.